The number of esters is 4. The smallest absolute Gasteiger partial charge is 0.311 e. The highest BCUT2D eigenvalue weighted by Gasteiger charge is 2.21. The van der Waals surface area contributed by atoms with Gasteiger partial charge in [-0.25, -0.2) is 0 Å². The third kappa shape index (κ3) is 34.4. The molecule has 8 nitrogen and oxygen atoms in total. The number of aryl methyl sites for hydroxylation is 3. The molecule has 0 aliphatic heterocycles. The number of rotatable bonds is 44. The van der Waals surface area contributed by atoms with Crippen LogP contribution >= 0.6 is 0 Å². The monoisotopic (exact) mass is 899 g/mol. The lowest BCUT2D eigenvalue weighted by Crippen LogP contribution is -2.31. The molecule has 0 heterocycles. The number of unbranched alkanes of at least 4 members (excludes halogenated alkanes) is 27. The van der Waals surface area contributed by atoms with Crippen molar-refractivity contribution in [2.45, 2.75) is 279 Å². The van der Waals surface area contributed by atoms with Gasteiger partial charge in [0.25, 0.3) is 0 Å². The van der Waals surface area contributed by atoms with Gasteiger partial charge < -0.3 is 18.9 Å². The molecule has 0 fully saturated rings. The molecule has 0 spiro atoms. The maximum Gasteiger partial charge on any atom is 0.311 e. The summed E-state index contributed by atoms with van der Waals surface area (Å²) < 4.78 is 22.6. The standard InChI is InChI=1S/C56H98O8/c1-7-10-12-14-16-18-20-22-24-26-28-30-35-39-52(57)61-45-51(46-62-53(58)40-36-31-29-27-25-23-21-19-17-15-13-11-8-2)63-55(60)42-47(4)38-34-32-33-37-41-54(59)64-56-48(5)43-50(9-3)44-49(56)6/h43-44,47,51H,7-42,45-46H2,1-6H3. The van der Waals surface area contributed by atoms with Gasteiger partial charge in [-0.3, -0.25) is 19.2 Å². The van der Waals surface area contributed by atoms with Gasteiger partial charge in [0.05, 0.1) is 0 Å². The number of carbonyl (C=O) groups is 4. The van der Waals surface area contributed by atoms with Crippen LogP contribution in [-0.2, 0) is 39.8 Å². The molecule has 1 aromatic carbocycles. The summed E-state index contributed by atoms with van der Waals surface area (Å²) in [6, 6.07) is 4.17. The summed E-state index contributed by atoms with van der Waals surface area (Å²) in [6.07, 6.45) is 38.1. The molecule has 0 aromatic heterocycles. The van der Waals surface area contributed by atoms with Crippen LogP contribution in [0.3, 0.4) is 0 Å². The molecule has 1 unspecified atom stereocenters. The molecule has 0 saturated carbocycles. The van der Waals surface area contributed by atoms with Crippen molar-refractivity contribution >= 4 is 23.9 Å². The Morgan fingerprint density at radius 2 is 0.797 bits per heavy atom. The first-order valence-corrected chi connectivity index (χ1v) is 26.9. The van der Waals surface area contributed by atoms with Crippen LogP contribution in [0.5, 0.6) is 5.75 Å². The second-order valence-corrected chi connectivity index (χ2v) is 19.1. The van der Waals surface area contributed by atoms with Crippen LogP contribution < -0.4 is 4.74 Å². The van der Waals surface area contributed by atoms with Gasteiger partial charge in [-0.15, -0.1) is 0 Å². The summed E-state index contributed by atoms with van der Waals surface area (Å²) in [5.41, 5.74) is 3.22. The molecule has 1 atom stereocenters. The van der Waals surface area contributed by atoms with E-state index in [1.54, 1.807) is 0 Å². The number of ether oxygens (including phenoxy) is 4. The Hall–Kier alpha value is -2.90. The maximum atomic E-state index is 13.1. The van der Waals surface area contributed by atoms with Crippen LogP contribution in [0.25, 0.3) is 0 Å². The average Bonchev–Trinajstić information content (AvgIpc) is 3.27. The van der Waals surface area contributed by atoms with E-state index in [4.69, 9.17) is 18.9 Å². The van der Waals surface area contributed by atoms with Crippen LogP contribution in [0, 0.1) is 19.8 Å². The zero-order valence-corrected chi connectivity index (χ0v) is 42.4. The fourth-order valence-electron chi connectivity index (χ4n) is 8.51. The van der Waals surface area contributed by atoms with Crippen LogP contribution in [0.4, 0.5) is 0 Å². The van der Waals surface area contributed by atoms with Crippen LogP contribution in [0.15, 0.2) is 12.1 Å². The molecule has 0 saturated heterocycles. The Bertz CT molecular complexity index is 1250. The molecule has 370 valence electrons. The Morgan fingerprint density at radius 1 is 0.453 bits per heavy atom. The zero-order chi connectivity index (χ0) is 46.9. The first-order valence-electron chi connectivity index (χ1n) is 26.9. The predicted octanol–water partition coefficient (Wildman–Crippen LogP) is 16.1. The van der Waals surface area contributed by atoms with Crippen molar-refractivity contribution in [3.63, 3.8) is 0 Å². The van der Waals surface area contributed by atoms with E-state index in [-0.39, 0.29) is 49.4 Å². The van der Waals surface area contributed by atoms with E-state index in [9.17, 15) is 19.2 Å². The van der Waals surface area contributed by atoms with Gasteiger partial charge in [-0.1, -0.05) is 220 Å². The average molecular weight is 899 g/mol. The molecule has 8 heteroatoms. The molecule has 0 radical (unpaired) electrons. The molecular formula is C56H98O8. The van der Waals surface area contributed by atoms with Gasteiger partial charge >= 0.3 is 23.9 Å². The largest absolute Gasteiger partial charge is 0.462 e. The van der Waals surface area contributed by atoms with Gasteiger partial charge in [-0.05, 0) is 62.1 Å². The van der Waals surface area contributed by atoms with Crippen molar-refractivity contribution in [3.8, 4) is 5.75 Å². The van der Waals surface area contributed by atoms with Crippen molar-refractivity contribution in [1.29, 1.82) is 0 Å². The first-order chi connectivity index (χ1) is 31.1. The van der Waals surface area contributed by atoms with Crippen molar-refractivity contribution in [2.24, 2.45) is 5.92 Å². The van der Waals surface area contributed by atoms with Crippen molar-refractivity contribution in [3.05, 3.63) is 28.8 Å². The summed E-state index contributed by atoms with van der Waals surface area (Å²) in [7, 11) is 0. The van der Waals surface area contributed by atoms with Gasteiger partial charge in [0.1, 0.15) is 19.0 Å². The number of hydrogen-bond acceptors (Lipinski definition) is 8. The summed E-state index contributed by atoms with van der Waals surface area (Å²) in [4.78, 5) is 50.9. The topological polar surface area (TPSA) is 105 Å². The van der Waals surface area contributed by atoms with E-state index in [0.717, 1.165) is 88.2 Å². The second-order valence-electron chi connectivity index (χ2n) is 19.1. The van der Waals surface area contributed by atoms with E-state index in [1.165, 1.54) is 134 Å². The maximum absolute atomic E-state index is 13.1. The fourth-order valence-corrected chi connectivity index (χ4v) is 8.51. The number of benzene rings is 1. The minimum absolute atomic E-state index is 0.103. The van der Waals surface area contributed by atoms with E-state index in [1.807, 2.05) is 20.8 Å². The Morgan fingerprint density at radius 3 is 1.17 bits per heavy atom. The fraction of sp³-hybridized carbons (Fsp3) is 0.821. The summed E-state index contributed by atoms with van der Waals surface area (Å²) in [5, 5.41) is 0. The molecule has 64 heavy (non-hydrogen) atoms. The summed E-state index contributed by atoms with van der Waals surface area (Å²) in [6.45, 7) is 12.4. The van der Waals surface area contributed by atoms with Crippen LogP contribution in [-0.4, -0.2) is 43.2 Å². The van der Waals surface area contributed by atoms with Crippen LogP contribution in [0.2, 0.25) is 0 Å². The highest BCUT2D eigenvalue weighted by atomic mass is 16.6. The number of hydrogen-bond donors (Lipinski definition) is 0. The lowest BCUT2D eigenvalue weighted by Gasteiger charge is -2.19. The molecule has 1 aromatic rings. The third-order valence-corrected chi connectivity index (χ3v) is 12.6. The van der Waals surface area contributed by atoms with Crippen molar-refractivity contribution in [2.75, 3.05) is 13.2 Å². The molecule has 0 aliphatic rings. The highest BCUT2D eigenvalue weighted by molar-refractivity contribution is 5.73. The van der Waals surface area contributed by atoms with Gasteiger partial charge in [0.15, 0.2) is 6.10 Å². The molecule has 0 aliphatic carbocycles. The van der Waals surface area contributed by atoms with E-state index in [0.29, 0.717) is 25.0 Å². The number of carbonyl (C=O) groups excluding carboxylic acids is 4. The van der Waals surface area contributed by atoms with Crippen molar-refractivity contribution in [1.82, 2.24) is 0 Å². The lowest BCUT2D eigenvalue weighted by molar-refractivity contribution is -0.167. The molecule has 0 amide bonds. The summed E-state index contributed by atoms with van der Waals surface area (Å²) >= 11 is 0. The quantitative estimate of drug-likeness (QED) is 0.0276. The molecule has 0 bridgehead atoms. The molecule has 0 N–H and O–H groups in total. The Labute approximate surface area is 393 Å². The van der Waals surface area contributed by atoms with Crippen molar-refractivity contribution < 1.29 is 38.1 Å². The Kier molecular flexibility index (Phi) is 38.4. The lowest BCUT2D eigenvalue weighted by atomic mass is 9.99. The first kappa shape index (κ1) is 59.1. The normalized spacial score (nSPS) is 11.8. The van der Waals surface area contributed by atoms with E-state index < -0.39 is 6.10 Å². The minimum Gasteiger partial charge on any atom is -0.462 e. The second kappa shape index (κ2) is 41.5. The SMILES string of the molecule is CCCCCCCCCCCCCCCC(=O)OCC(COC(=O)CCCCCCCCCCCCCCC)OC(=O)CC(C)CCCCCCC(=O)Oc1c(C)cc(CC)cc1C. The molecular weight excluding hydrogens is 801 g/mol. The van der Waals surface area contributed by atoms with E-state index in [2.05, 4.69) is 32.9 Å². The van der Waals surface area contributed by atoms with Gasteiger partial charge in [0.2, 0.25) is 0 Å². The molecule has 1 rings (SSSR count). The van der Waals surface area contributed by atoms with Gasteiger partial charge in [0, 0.05) is 25.7 Å². The van der Waals surface area contributed by atoms with Gasteiger partial charge in [-0.2, -0.15) is 0 Å². The predicted molar refractivity (Wildman–Crippen MR) is 265 cm³/mol. The minimum atomic E-state index is -0.831. The summed E-state index contributed by atoms with van der Waals surface area (Å²) in [5.74, 6) is -0.405. The zero-order valence-electron chi connectivity index (χ0n) is 42.4. The highest BCUT2D eigenvalue weighted by Crippen LogP contribution is 2.26. The van der Waals surface area contributed by atoms with E-state index >= 15 is 0 Å². The van der Waals surface area contributed by atoms with Crippen LogP contribution in [0.1, 0.15) is 269 Å². The third-order valence-electron chi connectivity index (χ3n) is 12.6. The Balaban J connectivity index is 2.40.